The summed E-state index contributed by atoms with van der Waals surface area (Å²) in [6, 6.07) is 5.69. The summed E-state index contributed by atoms with van der Waals surface area (Å²) in [5, 5.41) is 7.66. The van der Waals surface area contributed by atoms with Crippen LogP contribution in [0.2, 0.25) is 0 Å². The van der Waals surface area contributed by atoms with Crippen molar-refractivity contribution in [2.75, 3.05) is 47.4 Å². The molecule has 146 valence electrons. The lowest BCUT2D eigenvalue weighted by Crippen LogP contribution is -2.38. The second kappa shape index (κ2) is 7.12. The number of hydrogen-bond donors (Lipinski definition) is 1. The van der Waals surface area contributed by atoms with Crippen LogP contribution in [0.25, 0.3) is 5.52 Å². The minimum absolute atomic E-state index is 0.177. The molecular weight excluding hydrogens is 358 g/mol. The first-order chi connectivity index (χ1) is 13.4. The van der Waals surface area contributed by atoms with Gasteiger partial charge in [0.15, 0.2) is 5.69 Å². The lowest BCUT2D eigenvalue weighted by Gasteiger charge is -2.23. The van der Waals surface area contributed by atoms with E-state index in [0.29, 0.717) is 48.5 Å². The second-order valence-electron chi connectivity index (χ2n) is 7.75. The average molecular weight is 382 g/mol. The fourth-order valence-corrected chi connectivity index (χ4v) is 2.94. The van der Waals surface area contributed by atoms with Gasteiger partial charge >= 0.3 is 0 Å². The maximum absolute atomic E-state index is 12.6. The van der Waals surface area contributed by atoms with Gasteiger partial charge in [-0.1, -0.05) is 6.07 Å². The number of quaternary nitrogens is 1. The van der Waals surface area contributed by atoms with Crippen LogP contribution in [0.3, 0.4) is 0 Å². The third kappa shape index (κ3) is 3.77. The Bertz CT molecular complexity index is 1010. The number of carbonyl (C=O) groups excluding carboxylic acids is 1. The fraction of sp³-hybridized carbons (Fsp3) is 0.350. The number of aliphatic imine (C=N–C) groups is 1. The van der Waals surface area contributed by atoms with E-state index in [4.69, 9.17) is 9.47 Å². The van der Waals surface area contributed by atoms with Crippen LogP contribution in [0.4, 0.5) is 5.69 Å². The molecule has 8 heteroatoms. The van der Waals surface area contributed by atoms with E-state index in [1.165, 1.54) is 6.08 Å². The highest BCUT2D eigenvalue weighted by molar-refractivity contribution is 6.49. The number of ketones is 1. The van der Waals surface area contributed by atoms with E-state index in [9.17, 15) is 4.79 Å². The van der Waals surface area contributed by atoms with Crippen LogP contribution in [0.5, 0.6) is 5.88 Å². The summed E-state index contributed by atoms with van der Waals surface area (Å²) in [6.07, 6.45) is 5.03. The molecule has 4 rings (SSSR count). The van der Waals surface area contributed by atoms with E-state index in [1.54, 1.807) is 10.6 Å². The number of likely N-dealkylation sites (N-methyl/N-ethyl adjacent to an activating group) is 1. The molecule has 2 aromatic rings. The topological polar surface area (TPSA) is 77.2 Å². The third-order valence-electron chi connectivity index (χ3n) is 4.45. The second-order valence-corrected chi connectivity index (χ2v) is 7.75. The van der Waals surface area contributed by atoms with Crippen LogP contribution in [0, 0.1) is 0 Å². The molecule has 3 heterocycles. The van der Waals surface area contributed by atoms with Gasteiger partial charge in [-0.25, -0.2) is 9.51 Å². The molecule has 2 aromatic heterocycles. The molecule has 0 radical (unpaired) electrons. The number of pyridine rings is 1. The molecule has 8 nitrogen and oxygen atoms in total. The summed E-state index contributed by atoms with van der Waals surface area (Å²) in [4.78, 5) is 17.2. The molecule has 0 spiro atoms. The normalized spacial score (nSPS) is 18.2. The first-order valence-corrected chi connectivity index (χ1v) is 9.25. The minimum Gasteiger partial charge on any atom is -0.490 e. The van der Waals surface area contributed by atoms with Crippen LogP contribution in [0.15, 0.2) is 53.0 Å². The van der Waals surface area contributed by atoms with Crippen molar-refractivity contribution in [1.82, 2.24) is 14.9 Å². The van der Waals surface area contributed by atoms with E-state index in [2.05, 4.69) is 36.6 Å². The van der Waals surface area contributed by atoms with Gasteiger partial charge in [-0.05, 0) is 12.1 Å². The third-order valence-corrected chi connectivity index (χ3v) is 4.45. The summed E-state index contributed by atoms with van der Waals surface area (Å²) in [5.41, 5.74) is 2.33. The van der Waals surface area contributed by atoms with Gasteiger partial charge in [0.05, 0.1) is 32.4 Å². The van der Waals surface area contributed by atoms with Gasteiger partial charge in [-0.15, -0.1) is 5.10 Å². The van der Waals surface area contributed by atoms with Crippen LogP contribution >= 0.6 is 0 Å². The molecule has 0 aromatic carbocycles. The van der Waals surface area contributed by atoms with Crippen LogP contribution in [0.1, 0.15) is 0 Å². The van der Waals surface area contributed by atoms with Crippen LogP contribution in [-0.4, -0.2) is 73.0 Å². The number of allylic oxidation sites excluding steroid dienone is 2. The minimum atomic E-state index is -0.177. The van der Waals surface area contributed by atoms with E-state index in [0.717, 1.165) is 16.5 Å². The van der Waals surface area contributed by atoms with Crippen molar-refractivity contribution in [3.05, 3.63) is 48.0 Å². The Morgan fingerprint density at radius 2 is 2.18 bits per heavy atom. The summed E-state index contributed by atoms with van der Waals surface area (Å²) >= 11 is 0. The highest BCUT2D eigenvalue weighted by Crippen LogP contribution is 2.33. The first-order valence-electron chi connectivity index (χ1n) is 9.25. The van der Waals surface area contributed by atoms with Crippen molar-refractivity contribution in [2.45, 2.75) is 0 Å². The number of nitrogens with one attached hydrogen (secondary N) is 1. The number of morpholine rings is 1. The molecule has 0 amide bonds. The monoisotopic (exact) mass is 382 g/mol. The Morgan fingerprint density at radius 3 is 3.00 bits per heavy atom. The van der Waals surface area contributed by atoms with Crippen molar-refractivity contribution in [3.8, 4) is 5.88 Å². The van der Waals surface area contributed by atoms with Gasteiger partial charge in [0.1, 0.15) is 31.2 Å². The van der Waals surface area contributed by atoms with Gasteiger partial charge in [0, 0.05) is 24.9 Å². The van der Waals surface area contributed by atoms with E-state index < -0.39 is 0 Å². The molecule has 0 bridgehead atoms. The van der Waals surface area contributed by atoms with Gasteiger partial charge in [0.2, 0.25) is 5.78 Å². The predicted molar refractivity (Wildman–Crippen MR) is 106 cm³/mol. The van der Waals surface area contributed by atoms with Gasteiger partial charge < -0.3 is 19.3 Å². The number of ether oxygens (including phenoxy) is 2. The smallest absolute Gasteiger partial charge is 0.260 e. The molecule has 0 unspecified atom stereocenters. The number of nitrogens with zero attached hydrogens (tertiary/aromatic N) is 4. The summed E-state index contributed by atoms with van der Waals surface area (Å²) in [5.74, 6) is 0.869. The van der Waals surface area contributed by atoms with Gasteiger partial charge in [-0.3, -0.25) is 4.79 Å². The maximum atomic E-state index is 12.6. The zero-order valence-corrected chi connectivity index (χ0v) is 16.3. The summed E-state index contributed by atoms with van der Waals surface area (Å²) < 4.78 is 14.1. The largest absolute Gasteiger partial charge is 0.490 e. The number of rotatable bonds is 5. The number of carbonyl (C=O) groups is 1. The zero-order valence-electron chi connectivity index (χ0n) is 16.3. The maximum Gasteiger partial charge on any atom is 0.260 e. The average Bonchev–Trinajstić information content (AvgIpc) is 2.99. The van der Waals surface area contributed by atoms with Gasteiger partial charge in [-0.2, -0.15) is 0 Å². The standard InChI is InChI=1S/C20H23N5O3/c1-25(2,3)9-11-28-20-19(16-6-4-5-8-24(16)23-20)22-14-13-18-15(12-17(14)26)21-7-10-27-18/h4-6,8,12-13H,7,9-11H2,1-3H3/p+1. The predicted octanol–water partition coefficient (Wildman–Crippen LogP) is 1.46. The Hall–Kier alpha value is -3.13. The lowest BCUT2D eigenvalue weighted by atomic mass is 10.1. The molecular formula is C20H24N5O3+. The fourth-order valence-electron chi connectivity index (χ4n) is 2.94. The first kappa shape index (κ1) is 18.2. The number of hydrogen-bond acceptors (Lipinski definition) is 6. The van der Waals surface area contributed by atoms with Gasteiger partial charge in [0.25, 0.3) is 5.88 Å². The molecule has 1 N–H and O–H groups in total. The van der Waals surface area contributed by atoms with Crippen molar-refractivity contribution in [2.24, 2.45) is 4.99 Å². The number of fused-ring (bicyclic) bond motifs is 2. The number of aromatic nitrogens is 2. The van der Waals surface area contributed by atoms with Crippen molar-refractivity contribution in [1.29, 1.82) is 0 Å². The molecule has 0 atom stereocenters. The molecule has 1 saturated heterocycles. The highest BCUT2D eigenvalue weighted by Gasteiger charge is 2.24. The molecule has 2 aliphatic rings. The summed E-state index contributed by atoms with van der Waals surface area (Å²) in [7, 11) is 6.30. The Morgan fingerprint density at radius 1 is 1.32 bits per heavy atom. The lowest BCUT2D eigenvalue weighted by molar-refractivity contribution is -0.870. The van der Waals surface area contributed by atoms with E-state index in [1.807, 2.05) is 24.4 Å². The molecule has 0 saturated carbocycles. The molecule has 1 aliphatic carbocycles. The van der Waals surface area contributed by atoms with E-state index in [-0.39, 0.29) is 5.78 Å². The Kier molecular flexibility index (Phi) is 4.64. The Labute approximate surface area is 163 Å². The molecule has 1 aliphatic heterocycles. The molecule has 28 heavy (non-hydrogen) atoms. The zero-order chi connectivity index (χ0) is 19.7. The van der Waals surface area contributed by atoms with Crippen molar-refractivity contribution in [3.63, 3.8) is 0 Å². The highest BCUT2D eigenvalue weighted by atomic mass is 16.5. The molecule has 1 fully saturated rings. The van der Waals surface area contributed by atoms with Crippen LogP contribution in [-0.2, 0) is 9.53 Å². The van der Waals surface area contributed by atoms with Crippen molar-refractivity contribution >= 4 is 22.7 Å². The van der Waals surface area contributed by atoms with E-state index >= 15 is 0 Å². The van der Waals surface area contributed by atoms with Crippen LogP contribution < -0.4 is 10.1 Å². The summed E-state index contributed by atoms with van der Waals surface area (Å²) in [6.45, 7) is 2.55. The van der Waals surface area contributed by atoms with Crippen molar-refractivity contribution < 1.29 is 18.8 Å². The quantitative estimate of drug-likeness (QED) is 0.626. The Balaban J connectivity index is 1.70. The SMILES string of the molecule is C[N+](C)(C)CCOc1nn2ccccc2c1N=C1C=C2OCCNC2=CC1=O.